The number of nitrogens with zero attached hydrogens (tertiary/aromatic N) is 2. The third kappa shape index (κ3) is 5.41. The van der Waals surface area contributed by atoms with E-state index < -0.39 is 6.10 Å². The van der Waals surface area contributed by atoms with Gasteiger partial charge in [0.15, 0.2) is 0 Å². The predicted octanol–water partition coefficient (Wildman–Crippen LogP) is 1.56. The quantitative estimate of drug-likeness (QED) is 0.725. The molecular formula is C17H24N4O2. The maximum absolute atomic E-state index is 11.7. The lowest BCUT2D eigenvalue weighted by atomic mass is 10.1. The predicted molar refractivity (Wildman–Crippen MR) is 89.1 cm³/mol. The molecule has 2 rings (SSSR count). The normalized spacial score (nSPS) is 12.0. The Bertz CT molecular complexity index is 622. The van der Waals surface area contributed by atoms with Crippen LogP contribution < -0.4 is 10.6 Å². The zero-order valence-electron chi connectivity index (χ0n) is 13.6. The van der Waals surface area contributed by atoms with Gasteiger partial charge in [0.25, 0.3) is 0 Å². The minimum Gasteiger partial charge on any atom is -0.386 e. The number of carbonyl (C=O) groups excluding carboxylic acids is 1. The van der Waals surface area contributed by atoms with Gasteiger partial charge in [-0.2, -0.15) is 5.10 Å². The number of hydrogen-bond acceptors (Lipinski definition) is 3. The minimum atomic E-state index is -0.754. The van der Waals surface area contributed by atoms with E-state index >= 15 is 0 Å². The summed E-state index contributed by atoms with van der Waals surface area (Å²) in [5.41, 5.74) is 3.19. The molecular weight excluding hydrogens is 292 g/mol. The monoisotopic (exact) mass is 316 g/mol. The summed E-state index contributed by atoms with van der Waals surface area (Å²) < 4.78 is 1.61. The Labute approximate surface area is 136 Å². The van der Waals surface area contributed by atoms with Crippen LogP contribution in [0.15, 0.2) is 36.7 Å². The summed E-state index contributed by atoms with van der Waals surface area (Å²) >= 11 is 0. The van der Waals surface area contributed by atoms with E-state index in [4.69, 9.17) is 0 Å². The van der Waals surface area contributed by atoms with Crippen molar-refractivity contribution in [2.75, 3.05) is 13.1 Å². The average molecular weight is 316 g/mol. The van der Waals surface area contributed by atoms with Crippen LogP contribution in [0.3, 0.4) is 0 Å². The van der Waals surface area contributed by atoms with Crippen molar-refractivity contribution in [2.45, 2.75) is 25.9 Å². The molecule has 0 saturated heterocycles. The summed E-state index contributed by atoms with van der Waals surface area (Å²) in [6, 6.07) is 8.12. The molecule has 0 aliphatic heterocycles. The molecule has 0 aliphatic rings. The molecule has 23 heavy (non-hydrogen) atoms. The molecule has 0 aliphatic carbocycles. The van der Waals surface area contributed by atoms with Gasteiger partial charge in [-0.25, -0.2) is 4.79 Å². The van der Waals surface area contributed by atoms with Crippen LogP contribution in [0.4, 0.5) is 4.79 Å². The molecule has 3 N–H and O–H groups in total. The third-order valence-electron chi connectivity index (χ3n) is 3.70. The number of benzene rings is 1. The van der Waals surface area contributed by atoms with E-state index in [0.29, 0.717) is 12.1 Å². The summed E-state index contributed by atoms with van der Waals surface area (Å²) in [6.45, 7) is 2.84. The van der Waals surface area contributed by atoms with E-state index in [2.05, 4.69) is 46.9 Å². The van der Waals surface area contributed by atoms with Crippen molar-refractivity contribution >= 4 is 6.03 Å². The van der Waals surface area contributed by atoms with Gasteiger partial charge in [0.1, 0.15) is 0 Å². The average Bonchev–Trinajstić information content (AvgIpc) is 3.00. The standard InChI is InChI=1S/C17H24N4O2/c1-3-13-4-6-14(7-5-13)8-9-18-17(23)19-11-16(22)15-10-20-21(2)12-15/h4-7,10,12,16,22H,3,8-9,11H2,1-2H3,(H2,18,19,23)/t16-/m1/s1. The molecule has 0 bridgehead atoms. The lowest BCUT2D eigenvalue weighted by Crippen LogP contribution is -2.38. The second kappa shape index (κ2) is 8.33. The SMILES string of the molecule is CCc1ccc(CCNC(=O)NC[C@@H](O)c2cnn(C)c2)cc1. The molecule has 0 unspecified atom stereocenters. The minimum absolute atomic E-state index is 0.155. The van der Waals surface area contributed by atoms with Crippen molar-refractivity contribution in [3.05, 3.63) is 53.3 Å². The first-order chi connectivity index (χ1) is 11.1. The van der Waals surface area contributed by atoms with E-state index in [1.165, 1.54) is 11.1 Å². The van der Waals surface area contributed by atoms with Crippen LogP contribution in [0.25, 0.3) is 0 Å². The smallest absolute Gasteiger partial charge is 0.314 e. The maximum Gasteiger partial charge on any atom is 0.314 e. The van der Waals surface area contributed by atoms with Gasteiger partial charge in [0.05, 0.1) is 12.3 Å². The molecule has 6 heteroatoms. The van der Waals surface area contributed by atoms with Crippen molar-refractivity contribution in [1.29, 1.82) is 0 Å². The van der Waals surface area contributed by atoms with Gasteiger partial charge in [0, 0.05) is 31.9 Å². The summed E-state index contributed by atoms with van der Waals surface area (Å²) in [5, 5.41) is 19.4. The van der Waals surface area contributed by atoms with Crippen LogP contribution in [0, 0.1) is 0 Å². The van der Waals surface area contributed by atoms with Gasteiger partial charge in [-0.15, -0.1) is 0 Å². The number of rotatable bonds is 7. The highest BCUT2D eigenvalue weighted by Gasteiger charge is 2.10. The zero-order chi connectivity index (χ0) is 16.7. The van der Waals surface area contributed by atoms with Crippen LogP contribution in [-0.2, 0) is 19.9 Å². The maximum atomic E-state index is 11.7. The number of aromatic nitrogens is 2. The van der Waals surface area contributed by atoms with Crippen molar-refractivity contribution < 1.29 is 9.90 Å². The van der Waals surface area contributed by atoms with Gasteiger partial charge < -0.3 is 15.7 Å². The highest BCUT2D eigenvalue weighted by molar-refractivity contribution is 5.73. The number of urea groups is 1. The summed E-state index contributed by atoms with van der Waals surface area (Å²) in [4.78, 5) is 11.7. The lowest BCUT2D eigenvalue weighted by Gasteiger charge is -2.11. The fourth-order valence-electron chi connectivity index (χ4n) is 2.24. The molecule has 0 fully saturated rings. The fraction of sp³-hybridized carbons (Fsp3) is 0.412. The van der Waals surface area contributed by atoms with Crippen LogP contribution >= 0.6 is 0 Å². The first-order valence-corrected chi connectivity index (χ1v) is 7.84. The number of aliphatic hydroxyl groups excluding tert-OH is 1. The molecule has 2 amide bonds. The topological polar surface area (TPSA) is 79.2 Å². The number of aryl methyl sites for hydroxylation is 2. The number of aliphatic hydroxyl groups is 1. The summed E-state index contributed by atoms with van der Waals surface area (Å²) in [7, 11) is 1.78. The fourth-order valence-corrected chi connectivity index (χ4v) is 2.24. The second-order valence-corrected chi connectivity index (χ2v) is 5.52. The highest BCUT2D eigenvalue weighted by atomic mass is 16.3. The van der Waals surface area contributed by atoms with Crippen molar-refractivity contribution in [3.8, 4) is 0 Å². The van der Waals surface area contributed by atoms with Crippen LogP contribution in [0.5, 0.6) is 0 Å². The molecule has 0 spiro atoms. The first-order valence-electron chi connectivity index (χ1n) is 7.84. The van der Waals surface area contributed by atoms with Crippen LogP contribution in [-0.4, -0.2) is 34.0 Å². The van der Waals surface area contributed by atoms with Crippen LogP contribution in [0.1, 0.15) is 29.7 Å². The van der Waals surface area contributed by atoms with E-state index in [9.17, 15) is 9.90 Å². The summed E-state index contributed by atoms with van der Waals surface area (Å²) in [6.07, 6.45) is 4.37. The molecule has 0 saturated carbocycles. The Morgan fingerprint density at radius 2 is 1.96 bits per heavy atom. The second-order valence-electron chi connectivity index (χ2n) is 5.52. The Kier molecular flexibility index (Phi) is 6.17. The Morgan fingerprint density at radius 3 is 2.57 bits per heavy atom. The number of carbonyl (C=O) groups is 1. The van der Waals surface area contributed by atoms with Crippen molar-refractivity contribution in [1.82, 2.24) is 20.4 Å². The number of hydrogen-bond donors (Lipinski definition) is 3. The zero-order valence-corrected chi connectivity index (χ0v) is 13.6. The molecule has 1 atom stereocenters. The number of amides is 2. The highest BCUT2D eigenvalue weighted by Crippen LogP contribution is 2.09. The third-order valence-corrected chi connectivity index (χ3v) is 3.70. The molecule has 6 nitrogen and oxygen atoms in total. The van der Waals surface area contributed by atoms with Gasteiger partial charge in [-0.1, -0.05) is 31.2 Å². The Hall–Kier alpha value is -2.34. The molecule has 1 aromatic carbocycles. The Morgan fingerprint density at radius 1 is 1.26 bits per heavy atom. The van der Waals surface area contributed by atoms with E-state index in [-0.39, 0.29) is 12.6 Å². The van der Waals surface area contributed by atoms with Gasteiger partial charge in [-0.3, -0.25) is 4.68 Å². The van der Waals surface area contributed by atoms with Gasteiger partial charge in [0.2, 0.25) is 0 Å². The first kappa shape index (κ1) is 17.0. The van der Waals surface area contributed by atoms with Crippen molar-refractivity contribution in [2.24, 2.45) is 7.05 Å². The van der Waals surface area contributed by atoms with Crippen molar-refractivity contribution in [3.63, 3.8) is 0 Å². The van der Waals surface area contributed by atoms with E-state index in [0.717, 1.165) is 12.8 Å². The summed E-state index contributed by atoms with van der Waals surface area (Å²) in [5.74, 6) is 0. The van der Waals surface area contributed by atoms with Gasteiger partial charge in [-0.05, 0) is 24.0 Å². The number of nitrogens with one attached hydrogen (secondary N) is 2. The molecule has 0 radical (unpaired) electrons. The lowest BCUT2D eigenvalue weighted by molar-refractivity contribution is 0.173. The molecule has 1 aromatic heterocycles. The van der Waals surface area contributed by atoms with Crippen LogP contribution in [0.2, 0.25) is 0 Å². The molecule has 2 aromatic rings. The van der Waals surface area contributed by atoms with E-state index in [1.54, 1.807) is 24.1 Å². The van der Waals surface area contributed by atoms with Gasteiger partial charge >= 0.3 is 6.03 Å². The Balaban J connectivity index is 1.66. The largest absolute Gasteiger partial charge is 0.386 e. The molecule has 1 heterocycles. The van der Waals surface area contributed by atoms with E-state index in [1.807, 2.05) is 0 Å². The molecule has 124 valence electrons.